The van der Waals surface area contributed by atoms with Crippen molar-refractivity contribution < 1.29 is 9.84 Å². The second kappa shape index (κ2) is 3.15. The van der Waals surface area contributed by atoms with E-state index in [-0.39, 0.29) is 12.6 Å². The predicted octanol–water partition coefficient (Wildman–Crippen LogP) is -0.658. The summed E-state index contributed by atoms with van der Waals surface area (Å²) in [6.45, 7) is 1.61. The lowest BCUT2D eigenvalue weighted by Gasteiger charge is -2.13. The molecule has 3 N–H and O–H groups in total. The standard InChI is InChI=1S/C6H13NO2/c7-6(3-8)5-1-2-9-4-5/h5-6,8H,1-4,7H2/t5?,6-/m0/s1. The lowest BCUT2D eigenvalue weighted by atomic mass is 10.0. The lowest BCUT2D eigenvalue weighted by molar-refractivity contribution is 0.166. The number of hydrogen-bond donors (Lipinski definition) is 2. The van der Waals surface area contributed by atoms with Crippen LogP contribution in [0.15, 0.2) is 0 Å². The SMILES string of the molecule is N[C@@H](CO)C1CCOC1. The second-order valence-corrected chi connectivity index (χ2v) is 2.47. The Morgan fingerprint density at radius 3 is 3.00 bits per heavy atom. The molecule has 0 amide bonds. The first kappa shape index (κ1) is 6.99. The summed E-state index contributed by atoms with van der Waals surface area (Å²) in [4.78, 5) is 0. The summed E-state index contributed by atoms with van der Waals surface area (Å²) in [7, 11) is 0. The Balaban J connectivity index is 2.24. The van der Waals surface area contributed by atoms with E-state index < -0.39 is 0 Å². The van der Waals surface area contributed by atoms with E-state index >= 15 is 0 Å². The van der Waals surface area contributed by atoms with Crippen LogP contribution in [0.3, 0.4) is 0 Å². The maximum absolute atomic E-state index is 8.61. The summed E-state index contributed by atoms with van der Waals surface area (Å²) < 4.78 is 5.09. The van der Waals surface area contributed by atoms with Crippen LogP contribution in [-0.4, -0.2) is 31.0 Å². The van der Waals surface area contributed by atoms with Gasteiger partial charge in [0.2, 0.25) is 0 Å². The van der Waals surface area contributed by atoms with Crippen LogP contribution in [-0.2, 0) is 4.74 Å². The van der Waals surface area contributed by atoms with Crippen LogP contribution in [0.1, 0.15) is 6.42 Å². The van der Waals surface area contributed by atoms with Crippen LogP contribution in [0.2, 0.25) is 0 Å². The summed E-state index contributed by atoms with van der Waals surface area (Å²) in [6, 6.07) is -0.0764. The molecule has 0 aromatic rings. The van der Waals surface area contributed by atoms with E-state index in [1.807, 2.05) is 0 Å². The topological polar surface area (TPSA) is 55.5 Å². The largest absolute Gasteiger partial charge is 0.395 e. The van der Waals surface area contributed by atoms with Gasteiger partial charge in [-0.05, 0) is 6.42 Å². The average Bonchev–Trinajstić information content (AvgIpc) is 2.37. The van der Waals surface area contributed by atoms with Gasteiger partial charge in [-0.1, -0.05) is 0 Å². The molecule has 0 aromatic heterocycles. The molecule has 1 fully saturated rings. The molecule has 0 aliphatic carbocycles. The zero-order valence-corrected chi connectivity index (χ0v) is 5.42. The van der Waals surface area contributed by atoms with Crippen molar-refractivity contribution in [2.45, 2.75) is 12.5 Å². The van der Waals surface area contributed by atoms with Crippen LogP contribution in [0.25, 0.3) is 0 Å². The molecule has 1 aliphatic rings. The van der Waals surface area contributed by atoms with Gasteiger partial charge in [-0.3, -0.25) is 0 Å². The molecule has 1 heterocycles. The molecule has 0 aromatic carbocycles. The van der Waals surface area contributed by atoms with Crippen molar-refractivity contribution >= 4 is 0 Å². The van der Waals surface area contributed by atoms with Crippen molar-refractivity contribution in [3.8, 4) is 0 Å². The highest BCUT2D eigenvalue weighted by Gasteiger charge is 2.21. The van der Waals surface area contributed by atoms with Gasteiger partial charge in [-0.2, -0.15) is 0 Å². The molecule has 0 bridgehead atoms. The van der Waals surface area contributed by atoms with Gasteiger partial charge in [0.25, 0.3) is 0 Å². The van der Waals surface area contributed by atoms with E-state index in [2.05, 4.69) is 0 Å². The van der Waals surface area contributed by atoms with Gasteiger partial charge in [0.05, 0.1) is 13.2 Å². The number of rotatable bonds is 2. The number of ether oxygens (including phenoxy) is 1. The van der Waals surface area contributed by atoms with Crippen molar-refractivity contribution in [3.63, 3.8) is 0 Å². The van der Waals surface area contributed by atoms with E-state index in [0.29, 0.717) is 5.92 Å². The third-order valence-electron chi connectivity index (χ3n) is 1.78. The van der Waals surface area contributed by atoms with Crippen LogP contribution in [0, 0.1) is 5.92 Å². The molecule has 2 atom stereocenters. The number of aliphatic hydroxyl groups is 1. The molecule has 0 saturated carbocycles. The van der Waals surface area contributed by atoms with Crippen molar-refractivity contribution in [1.82, 2.24) is 0 Å². The van der Waals surface area contributed by atoms with Crippen LogP contribution in [0.5, 0.6) is 0 Å². The van der Waals surface area contributed by atoms with E-state index in [0.717, 1.165) is 19.6 Å². The summed E-state index contributed by atoms with van der Waals surface area (Å²) in [5.41, 5.74) is 5.55. The Kier molecular flexibility index (Phi) is 2.45. The third kappa shape index (κ3) is 1.64. The highest BCUT2D eigenvalue weighted by Crippen LogP contribution is 2.14. The van der Waals surface area contributed by atoms with Crippen molar-refractivity contribution in [2.24, 2.45) is 11.7 Å². The van der Waals surface area contributed by atoms with E-state index in [1.54, 1.807) is 0 Å². The number of aliphatic hydroxyl groups excluding tert-OH is 1. The molecule has 0 radical (unpaired) electrons. The summed E-state index contributed by atoms with van der Waals surface area (Å²) >= 11 is 0. The first-order valence-electron chi connectivity index (χ1n) is 3.28. The molecule has 1 saturated heterocycles. The van der Waals surface area contributed by atoms with Crippen molar-refractivity contribution in [2.75, 3.05) is 19.8 Å². The Hall–Kier alpha value is -0.120. The molecule has 3 nitrogen and oxygen atoms in total. The van der Waals surface area contributed by atoms with Crippen LogP contribution in [0.4, 0.5) is 0 Å². The van der Waals surface area contributed by atoms with E-state index in [9.17, 15) is 0 Å². The molecular weight excluding hydrogens is 118 g/mol. The zero-order chi connectivity index (χ0) is 6.69. The minimum Gasteiger partial charge on any atom is -0.395 e. The van der Waals surface area contributed by atoms with Gasteiger partial charge in [0.1, 0.15) is 0 Å². The summed E-state index contributed by atoms with van der Waals surface area (Å²) in [5.74, 6) is 0.384. The average molecular weight is 131 g/mol. The first-order valence-corrected chi connectivity index (χ1v) is 3.28. The maximum Gasteiger partial charge on any atom is 0.0586 e. The fourth-order valence-electron chi connectivity index (χ4n) is 1.04. The Morgan fingerprint density at radius 1 is 1.78 bits per heavy atom. The highest BCUT2D eigenvalue weighted by molar-refractivity contribution is 4.74. The first-order chi connectivity index (χ1) is 4.34. The minimum absolute atomic E-state index is 0.0764. The lowest BCUT2D eigenvalue weighted by Crippen LogP contribution is -2.33. The Bertz CT molecular complexity index is 81.1. The fourth-order valence-corrected chi connectivity index (χ4v) is 1.04. The fraction of sp³-hybridized carbons (Fsp3) is 1.00. The van der Waals surface area contributed by atoms with Gasteiger partial charge in [-0.25, -0.2) is 0 Å². The molecule has 9 heavy (non-hydrogen) atoms. The predicted molar refractivity (Wildman–Crippen MR) is 34.0 cm³/mol. The Labute approximate surface area is 54.8 Å². The molecule has 1 aliphatic heterocycles. The molecular formula is C6H13NO2. The third-order valence-corrected chi connectivity index (χ3v) is 1.78. The molecule has 0 spiro atoms. The smallest absolute Gasteiger partial charge is 0.0586 e. The van der Waals surface area contributed by atoms with Gasteiger partial charge in [-0.15, -0.1) is 0 Å². The van der Waals surface area contributed by atoms with Crippen molar-refractivity contribution in [1.29, 1.82) is 0 Å². The summed E-state index contributed by atoms with van der Waals surface area (Å²) in [5, 5.41) is 8.61. The zero-order valence-electron chi connectivity index (χ0n) is 5.42. The Morgan fingerprint density at radius 2 is 2.56 bits per heavy atom. The number of hydrogen-bond acceptors (Lipinski definition) is 3. The maximum atomic E-state index is 8.61. The van der Waals surface area contributed by atoms with E-state index in [1.165, 1.54) is 0 Å². The van der Waals surface area contributed by atoms with Gasteiger partial charge < -0.3 is 15.6 Å². The summed E-state index contributed by atoms with van der Waals surface area (Å²) in [6.07, 6.45) is 1.00. The molecule has 1 unspecified atom stereocenters. The van der Waals surface area contributed by atoms with Crippen LogP contribution < -0.4 is 5.73 Å². The quantitative estimate of drug-likeness (QED) is 0.523. The van der Waals surface area contributed by atoms with Crippen LogP contribution >= 0.6 is 0 Å². The van der Waals surface area contributed by atoms with Gasteiger partial charge in [0.15, 0.2) is 0 Å². The number of nitrogens with two attached hydrogens (primary N) is 1. The molecule has 54 valence electrons. The van der Waals surface area contributed by atoms with Crippen molar-refractivity contribution in [3.05, 3.63) is 0 Å². The highest BCUT2D eigenvalue weighted by atomic mass is 16.5. The monoisotopic (exact) mass is 131 g/mol. The molecule has 1 rings (SSSR count). The normalized spacial score (nSPS) is 30.7. The van der Waals surface area contributed by atoms with E-state index in [4.69, 9.17) is 15.6 Å². The second-order valence-electron chi connectivity index (χ2n) is 2.47. The molecule has 3 heteroatoms. The van der Waals surface area contributed by atoms with Gasteiger partial charge in [0, 0.05) is 18.6 Å². The van der Waals surface area contributed by atoms with Gasteiger partial charge >= 0.3 is 0 Å². The minimum atomic E-state index is -0.0764.